The van der Waals surface area contributed by atoms with Gasteiger partial charge in [0.25, 0.3) is 0 Å². The van der Waals surface area contributed by atoms with Crippen molar-refractivity contribution in [3.63, 3.8) is 0 Å². The second kappa shape index (κ2) is 4.90. The fourth-order valence-corrected chi connectivity index (χ4v) is 1.85. The Kier molecular flexibility index (Phi) is 3.32. The average molecular weight is 239 g/mol. The molecular weight excluding hydrogens is 226 g/mol. The summed E-state index contributed by atoms with van der Waals surface area (Å²) in [5.41, 5.74) is 0. The highest BCUT2D eigenvalue weighted by molar-refractivity contribution is 5.80. The third-order valence-corrected chi connectivity index (χ3v) is 2.69. The largest absolute Gasteiger partial charge is 0.480 e. The van der Waals surface area contributed by atoms with Gasteiger partial charge in [-0.25, -0.2) is 9.59 Å². The number of carbonyl (C=O) groups excluding carboxylic acids is 1. The highest BCUT2D eigenvalue weighted by Crippen LogP contribution is 2.18. The Morgan fingerprint density at radius 3 is 3.06 bits per heavy atom. The average Bonchev–Trinajstić information content (AvgIpc) is 2.96. The Morgan fingerprint density at radius 1 is 1.59 bits per heavy atom. The van der Waals surface area contributed by atoms with Crippen LogP contribution in [-0.2, 0) is 16.1 Å². The lowest BCUT2D eigenvalue weighted by Crippen LogP contribution is -2.40. The Balaban J connectivity index is 1.89. The van der Waals surface area contributed by atoms with Crippen LogP contribution in [0.15, 0.2) is 22.8 Å². The van der Waals surface area contributed by atoms with E-state index in [2.05, 4.69) is 0 Å². The molecule has 1 aliphatic heterocycles. The second-order valence-corrected chi connectivity index (χ2v) is 3.82. The zero-order valence-electron chi connectivity index (χ0n) is 9.17. The summed E-state index contributed by atoms with van der Waals surface area (Å²) in [6.45, 7) is 0.447. The van der Waals surface area contributed by atoms with Crippen molar-refractivity contribution in [2.75, 3.05) is 6.54 Å². The number of nitrogens with zero attached hydrogens (tertiary/aromatic N) is 1. The van der Waals surface area contributed by atoms with Gasteiger partial charge in [0.1, 0.15) is 11.8 Å². The first kappa shape index (κ1) is 11.5. The molecule has 0 radical (unpaired) electrons. The molecule has 2 rings (SSSR count). The summed E-state index contributed by atoms with van der Waals surface area (Å²) in [6.07, 6.45) is 2.04. The number of carboxylic acids is 1. The normalized spacial score (nSPS) is 19.3. The fraction of sp³-hybridized carbons (Fsp3) is 0.455. The molecule has 1 N–H and O–H groups in total. The summed E-state index contributed by atoms with van der Waals surface area (Å²) >= 11 is 0. The summed E-state index contributed by atoms with van der Waals surface area (Å²) in [6, 6.07) is 2.62. The lowest BCUT2D eigenvalue weighted by molar-refractivity contribution is -0.141. The summed E-state index contributed by atoms with van der Waals surface area (Å²) in [7, 11) is 0. The molecule has 0 bridgehead atoms. The predicted molar refractivity (Wildman–Crippen MR) is 56.3 cm³/mol. The molecule has 0 saturated carbocycles. The number of aliphatic carboxylic acids is 1. The molecule has 0 spiro atoms. The van der Waals surface area contributed by atoms with Crippen molar-refractivity contribution in [3.05, 3.63) is 24.2 Å². The minimum absolute atomic E-state index is 0.0225. The quantitative estimate of drug-likeness (QED) is 0.863. The van der Waals surface area contributed by atoms with E-state index in [0.717, 1.165) is 0 Å². The molecule has 1 atom stereocenters. The first-order valence-corrected chi connectivity index (χ1v) is 5.37. The minimum atomic E-state index is -0.988. The molecule has 0 aromatic carbocycles. The van der Waals surface area contributed by atoms with Crippen LogP contribution in [0.3, 0.4) is 0 Å². The van der Waals surface area contributed by atoms with Crippen LogP contribution in [0.2, 0.25) is 0 Å². The maximum Gasteiger partial charge on any atom is 0.410 e. The molecule has 2 heterocycles. The molecule has 1 aromatic heterocycles. The van der Waals surface area contributed by atoms with Crippen LogP contribution in [0.4, 0.5) is 4.79 Å². The van der Waals surface area contributed by atoms with Gasteiger partial charge in [-0.1, -0.05) is 0 Å². The van der Waals surface area contributed by atoms with E-state index < -0.39 is 18.1 Å². The zero-order valence-corrected chi connectivity index (χ0v) is 9.17. The van der Waals surface area contributed by atoms with Gasteiger partial charge < -0.3 is 14.3 Å². The van der Waals surface area contributed by atoms with Crippen LogP contribution in [0.1, 0.15) is 18.6 Å². The third-order valence-electron chi connectivity index (χ3n) is 2.69. The summed E-state index contributed by atoms with van der Waals surface area (Å²) in [4.78, 5) is 23.8. The molecule has 1 fully saturated rings. The van der Waals surface area contributed by atoms with Crippen LogP contribution in [-0.4, -0.2) is 34.7 Å². The molecule has 1 aromatic rings. The van der Waals surface area contributed by atoms with Crippen molar-refractivity contribution in [3.8, 4) is 0 Å². The van der Waals surface area contributed by atoms with Crippen molar-refractivity contribution in [1.29, 1.82) is 0 Å². The lowest BCUT2D eigenvalue weighted by Gasteiger charge is -2.20. The molecule has 92 valence electrons. The van der Waals surface area contributed by atoms with E-state index in [1.807, 2.05) is 0 Å². The van der Waals surface area contributed by atoms with E-state index in [1.54, 1.807) is 12.1 Å². The summed E-state index contributed by atoms with van der Waals surface area (Å²) < 4.78 is 9.99. The number of amides is 1. The van der Waals surface area contributed by atoms with Gasteiger partial charge in [-0.2, -0.15) is 0 Å². The molecule has 1 unspecified atom stereocenters. The third kappa shape index (κ3) is 2.58. The van der Waals surface area contributed by atoms with Crippen LogP contribution in [0.5, 0.6) is 0 Å². The highest BCUT2D eigenvalue weighted by atomic mass is 16.6. The van der Waals surface area contributed by atoms with Gasteiger partial charge in [0, 0.05) is 6.54 Å². The van der Waals surface area contributed by atoms with Gasteiger partial charge in [0.05, 0.1) is 6.26 Å². The van der Waals surface area contributed by atoms with Crippen LogP contribution in [0, 0.1) is 0 Å². The number of hydrogen-bond acceptors (Lipinski definition) is 4. The molecule has 17 heavy (non-hydrogen) atoms. The molecule has 1 amide bonds. The lowest BCUT2D eigenvalue weighted by atomic mass is 10.2. The number of hydrogen-bond donors (Lipinski definition) is 1. The highest BCUT2D eigenvalue weighted by Gasteiger charge is 2.34. The number of carbonyl (C=O) groups is 2. The van der Waals surface area contributed by atoms with Crippen LogP contribution < -0.4 is 0 Å². The van der Waals surface area contributed by atoms with E-state index >= 15 is 0 Å². The van der Waals surface area contributed by atoms with E-state index in [1.165, 1.54) is 11.2 Å². The SMILES string of the molecule is O=C(O)C1CCCN1C(=O)OCc1ccco1. The van der Waals surface area contributed by atoms with E-state index in [9.17, 15) is 9.59 Å². The van der Waals surface area contributed by atoms with E-state index in [4.69, 9.17) is 14.3 Å². The van der Waals surface area contributed by atoms with Gasteiger partial charge in [-0.3, -0.25) is 4.90 Å². The Hall–Kier alpha value is -1.98. The number of carboxylic acid groups (broad SMARTS) is 1. The van der Waals surface area contributed by atoms with Gasteiger partial charge in [0.2, 0.25) is 0 Å². The molecule has 6 heteroatoms. The van der Waals surface area contributed by atoms with E-state index in [-0.39, 0.29) is 6.61 Å². The van der Waals surface area contributed by atoms with Crippen molar-refractivity contribution >= 4 is 12.1 Å². The first-order valence-electron chi connectivity index (χ1n) is 5.37. The number of ether oxygens (including phenoxy) is 1. The first-order chi connectivity index (χ1) is 8.18. The summed E-state index contributed by atoms with van der Waals surface area (Å²) in [5.74, 6) is -0.457. The van der Waals surface area contributed by atoms with Gasteiger partial charge in [-0.05, 0) is 25.0 Å². The Bertz CT molecular complexity index is 400. The molecule has 1 aliphatic rings. The maximum atomic E-state index is 11.7. The van der Waals surface area contributed by atoms with Crippen molar-refractivity contribution in [2.24, 2.45) is 0 Å². The Morgan fingerprint density at radius 2 is 2.41 bits per heavy atom. The van der Waals surface area contributed by atoms with Crippen LogP contribution >= 0.6 is 0 Å². The standard InChI is InChI=1S/C11H13NO5/c13-10(14)9-4-1-5-12(9)11(15)17-7-8-3-2-6-16-8/h2-3,6,9H,1,4-5,7H2,(H,13,14). The monoisotopic (exact) mass is 239 g/mol. The summed E-state index contributed by atoms with van der Waals surface area (Å²) in [5, 5.41) is 8.92. The zero-order chi connectivity index (χ0) is 12.3. The Labute approximate surface area is 97.8 Å². The van der Waals surface area contributed by atoms with Crippen LogP contribution in [0.25, 0.3) is 0 Å². The van der Waals surface area contributed by atoms with Gasteiger partial charge in [-0.15, -0.1) is 0 Å². The van der Waals surface area contributed by atoms with Gasteiger partial charge in [0.15, 0.2) is 6.61 Å². The molecule has 1 saturated heterocycles. The van der Waals surface area contributed by atoms with E-state index in [0.29, 0.717) is 25.1 Å². The van der Waals surface area contributed by atoms with Crippen molar-refractivity contribution < 1.29 is 23.8 Å². The number of rotatable bonds is 3. The fourth-order valence-electron chi connectivity index (χ4n) is 1.85. The predicted octanol–water partition coefficient (Wildman–Crippen LogP) is 1.47. The number of furan rings is 1. The molecule has 6 nitrogen and oxygen atoms in total. The minimum Gasteiger partial charge on any atom is -0.480 e. The van der Waals surface area contributed by atoms with Crippen molar-refractivity contribution in [1.82, 2.24) is 4.90 Å². The smallest absolute Gasteiger partial charge is 0.410 e. The molecular formula is C11H13NO5. The second-order valence-electron chi connectivity index (χ2n) is 3.82. The van der Waals surface area contributed by atoms with Crippen molar-refractivity contribution in [2.45, 2.75) is 25.5 Å². The maximum absolute atomic E-state index is 11.7. The van der Waals surface area contributed by atoms with Gasteiger partial charge >= 0.3 is 12.1 Å². The molecule has 0 aliphatic carbocycles. The number of likely N-dealkylation sites (tertiary alicyclic amines) is 1. The topological polar surface area (TPSA) is 80.0 Å².